The summed E-state index contributed by atoms with van der Waals surface area (Å²) in [5.41, 5.74) is 2.20. The second-order valence-electron chi connectivity index (χ2n) is 4.06. The van der Waals surface area contributed by atoms with Crippen LogP contribution in [-0.2, 0) is 0 Å². The molecule has 2 rings (SSSR count). The molecular formula is C16H10Cl2O2. The smallest absolute Gasteiger partial charge is 0.252 e. The van der Waals surface area contributed by atoms with Crippen LogP contribution in [0.1, 0.15) is 31.8 Å². The van der Waals surface area contributed by atoms with Crippen molar-refractivity contribution < 1.29 is 9.59 Å². The summed E-state index contributed by atoms with van der Waals surface area (Å²) in [6, 6.07) is 13.9. The lowest BCUT2D eigenvalue weighted by atomic mass is 10.0. The fourth-order valence-corrected chi connectivity index (χ4v) is 2.17. The highest BCUT2D eigenvalue weighted by Crippen LogP contribution is 2.18. The van der Waals surface area contributed by atoms with Gasteiger partial charge in [0.1, 0.15) is 0 Å². The quantitative estimate of drug-likeness (QED) is 0.610. The fourth-order valence-electron chi connectivity index (χ4n) is 1.82. The van der Waals surface area contributed by atoms with Crippen LogP contribution in [0.15, 0.2) is 48.5 Å². The van der Waals surface area contributed by atoms with Crippen molar-refractivity contribution in [2.75, 3.05) is 0 Å². The molecule has 0 aliphatic rings. The van der Waals surface area contributed by atoms with Crippen molar-refractivity contribution in [1.82, 2.24) is 0 Å². The maximum absolute atomic E-state index is 11.3. The normalized spacial score (nSPS) is 10.7. The molecule has 0 amide bonds. The Hall–Kier alpha value is -1.90. The van der Waals surface area contributed by atoms with Gasteiger partial charge in [0.05, 0.1) is 0 Å². The number of halogens is 2. The highest BCUT2D eigenvalue weighted by Gasteiger charge is 2.07. The van der Waals surface area contributed by atoms with E-state index in [0.717, 1.165) is 0 Å². The molecule has 2 nitrogen and oxygen atoms in total. The van der Waals surface area contributed by atoms with Gasteiger partial charge in [-0.05, 0) is 46.5 Å². The lowest BCUT2D eigenvalue weighted by Gasteiger charge is -2.02. The molecule has 2 aromatic carbocycles. The van der Waals surface area contributed by atoms with E-state index in [2.05, 4.69) is 0 Å². The molecule has 0 spiro atoms. The molecule has 0 saturated carbocycles. The van der Waals surface area contributed by atoms with Crippen molar-refractivity contribution in [3.63, 3.8) is 0 Å². The number of hydrogen-bond donors (Lipinski definition) is 0. The minimum absolute atomic E-state index is 0.417. The third-order valence-electron chi connectivity index (χ3n) is 2.79. The molecule has 100 valence electrons. The summed E-state index contributed by atoms with van der Waals surface area (Å²) in [5.74, 6) is 0. The third kappa shape index (κ3) is 3.35. The monoisotopic (exact) mass is 304 g/mol. The predicted octanol–water partition coefficient (Wildman–Crippen LogP) is 4.62. The lowest BCUT2D eigenvalue weighted by molar-refractivity contribution is 0.107. The van der Waals surface area contributed by atoms with Gasteiger partial charge in [-0.2, -0.15) is 0 Å². The Morgan fingerprint density at radius 1 is 0.700 bits per heavy atom. The first-order valence-corrected chi connectivity index (χ1v) is 6.61. The van der Waals surface area contributed by atoms with Gasteiger partial charge in [0.2, 0.25) is 0 Å². The van der Waals surface area contributed by atoms with Crippen molar-refractivity contribution in [2.45, 2.75) is 0 Å². The molecule has 0 saturated heterocycles. The maximum Gasteiger partial charge on any atom is 0.252 e. The molecule has 0 heterocycles. The van der Waals surface area contributed by atoms with Gasteiger partial charge < -0.3 is 0 Å². The van der Waals surface area contributed by atoms with Crippen LogP contribution in [0.2, 0.25) is 0 Å². The molecule has 0 aliphatic heterocycles. The van der Waals surface area contributed by atoms with Crippen molar-refractivity contribution in [1.29, 1.82) is 0 Å². The molecule has 0 N–H and O–H groups in total. The number of benzene rings is 2. The highest BCUT2D eigenvalue weighted by atomic mass is 35.5. The molecule has 4 heteroatoms. The van der Waals surface area contributed by atoms with E-state index in [1.807, 2.05) is 12.1 Å². The zero-order valence-corrected chi connectivity index (χ0v) is 11.9. The molecule has 0 unspecified atom stereocenters. The van der Waals surface area contributed by atoms with E-state index in [9.17, 15) is 9.59 Å². The molecular weight excluding hydrogens is 295 g/mol. The molecule has 20 heavy (non-hydrogen) atoms. The second-order valence-corrected chi connectivity index (χ2v) is 4.74. The second kappa shape index (κ2) is 6.51. The largest absolute Gasteiger partial charge is 0.276 e. The van der Waals surface area contributed by atoms with Gasteiger partial charge in [-0.15, -0.1) is 0 Å². The average Bonchev–Trinajstić information content (AvgIpc) is 2.45. The Balaban J connectivity index is 2.40. The standard InChI is InChI=1S/C16H10Cl2O2/c17-15(19)13-7-3-1-5-11(13)9-10-12-6-2-4-8-14(12)16(18)20/h1-10H. The Labute approximate surface area is 126 Å². The first-order chi connectivity index (χ1) is 9.59. The summed E-state index contributed by atoms with van der Waals surface area (Å²) in [7, 11) is 0. The maximum atomic E-state index is 11.3. The van der Waals surface area contributed by atoms with Crippen molar-refractivity contribution in [3.05, 3.63) is 70.8 Å². The molecule has 0 radical (unpaired) electrons. The van der Waals surface area contributed by atoms with Crippen LogP contribution in [0.25, 0.3) is 12.2 Å². The summed E-state index contributed by atoms with van der Waals surface area (Å²) in [6.07, 6.45) is 3.46. The minimum atomic E-state index is -0.521. The fraction of sp³-hybridized carbons (Fsp3) is 0. The summed E-state index contributed by atoms with van der Waals surface area (Å²) in [5, 5.41) is -1.04. The van der Waals surface area contributed by atoms with E-state index in [0.29, 0.717) is 22.3 Å². The first-order valence-electron chi connectivity index (χ1n) is 5.85. The van der Waals surface area contributed by atoms with Crippen molar-refractivity contribution in [3.8, 4) is 0 Å². The van der Waals surface area contributed by atoms with Crippen LogP contribution in [-0.4, -0.2) is 10.5 Å². The Morgan fingerprint density at radius 3 is 1.40 bits per heavy atom. The molecule has 0 atom stereocenters. The number of hydrogen-bond acceptors (Lipinski definition) is 2. The van der Waals surface area contributed by atoms with Gasteiger partial charge >= 0.3 is 0 Å². The van der Waals surface area contributed by atoms with Gasteiger partial charge in [0.15, 0.2) is 0 Å². The molecule has 0 bridgehead atoms. The van der Waals surface area contributed by atoms with Crippen LogP contribution >= 0.6 is 23.2 Å². The van der Waals surface area contributed by atoms with Gasteiger partial charge in [0.25, 0.3) is 10.5 Å². The molecule has 0 fully saturated rings. The van der Waals surface area contributed by atoms with Crippen LogP contribution in [0.5, 0.6) is 0 Å². The van der Waals surface area contributed by atoms with Crippen molar-refractivity contribution >= 4 is 45.8 Å². The van der Waals surface area contributed by atoms with Gasteiger partial charge in [-0.1, -0.05) is 48.6 Å². The highest BCUT2D eigenvalue weighted by molar-refractivity contribution is 6.68. The first kappa shape index (κ1) is 14.5. The van der Waals surface area contributed by atoms with Gasteiger partial charge in [-0.25, -0.2) is 0 Å². The third-order valence-corrected chi connectivity index (χ3v) is 3.19. The Bertz CT molecular complexity index is 631. The van der Waals surface area contributed by atoms with Crippen molar-refractivity contribution in [2.24, 2.45) is 0 Å². The van der Waals surface area contributed by atoms with E-state index in [1.165, 1.54) is 0 Å². The Kier molecular flexibility index (Phi) is 4.72. The summed E-state index contributed by atoms with van der Waals surface area (Å²) in [6.45, 7) is 0. The summed E-state index contributed by atoms with van der Waals surface area (Å²) >= 11 is 11.0. The SMILES string of the molecule is O=C(Cl)c1ccccc1C=Cc1ccccc1C(=O)Cl. The van der Waals surface area contributed by atoms with Crippen LogP contribution in [0, 0.1) is 0 Å². The topological polar surface area (TPSA) is 34.1 Å². The zero-order valence-electron chi connectivity index (χ0n) is 10.3. The van der Waals surface area contributed by atoms with E-state index >= 15 is 0 Å². The van der Waals surface area contributed by atoms with Gasteiger partial charge in [-0.3, -0.25) is 9.59 Å². The van der Waals surface area contributed by atoms with E-state index in [4.69, 9.17) is 23.2 Å². The van der Waals surface area contributed by atoms with Crippen LogP contribution in [0.3, 0.4) is 0 Å². The van der Waals surface area contributed by atoms with Crippen LogP contribution < -0.4 is 0 Å². The average molecular weight is 305 g/mol. The number of rotatable bonds is 4. The molecule has 0 aromatic heterocycles. The lowest BCUT2D eigenvalue weighted by Crippen LogP contribution is -1.93. The van der Waals surface area contributed by atoms with E-state index in [1.54, 1.807) is 48.6 Å². The number of carbonyl (C=O) groups is 2. The minimum Gasteiger partial charge on any atom is -0.276 e. The Morgan fingerprint density at radius 2 is 1.05 bits per heavy atom. The predicted molar refractivity (Wildman–Crippen MR) is 82.2 cm³/mol. The molecule has 0 aliphatic carbocycles. The van der Waals surface area contributed by atoms with E-state index in [-0.39, 0.29) is 0 Å². The van der Waals surface area contributed by atoms with Crippen LogP contribution in [0.4, 0.5) is 0 Å². The van der Waals surface area contributed by atoms with Gasteiger partial charge in [0, 0.05) is 11.1 Å². The zero-order chi connectivity index (χ0) is 14.5. The summed E-state index contributed by atoms with van der Waals surface area (Å²) < 4.78 is 0. The number of carbonyl (C=O) groups excluding carboxylic acids is 2. The van der Waals surface area contributed by atoms with E-state index < -0.39 is 10.5 Å². The summed E-state index contributed by atoms with van der Waals surface area (Å²) in [4.78, 5) is 22.6. The molecule has 2 aromatic rings.